The van der Waals surface area contributed by atoms with E-state index in [1.807, 2.05) is 0 Å². The van der Waals surface area contributed by atoms with Crippen LogP contribution in [0.4, 0.5) is 0 Å². The van der Waals surface area contributed by atoms with Crippen LogP contribution in [0.2, 0.25) is 0 Å². The van der Waals surface area contributed by atoms with E-state index in [4.69, 9.17) is 0 Å². The predicted octanol–water partition coefficient (Wildman–Crippen LogP) is 3.14. The maximum Gasteiger partial charge on any atom is 0.0407 e. The van der Waals surface area contributed by atoms with Crippen LogP contribution in [0.5, 0.6) is 0 Å². The molecule has 0 heterocycles. The average molecular weight is 202 g/mol. The Morgan fingerprint density at radius 3 is 2.30 bits per heavy atom. The van der Waals surface area contributed by atoms with Crippen LogP contribution in [0.15, 0.2) is 28.3 Å². The summed E-state index contributed by atoms with van der Waals surface area (Å²) in [5, 5.41) is 0. The average Bonchev–Trinajstić information content (AvgIpc) is 1.82. The number of aliphatic imine (C=N–C) groups is 1. The lowest BCUT2D eigenvalue weighted by atomic mass is 10.2. The van der Waals surface area contributed by atoms with Crippen molar-refractivity contribution in [1.82, 2.24) is 0 Å². The number of hydrogen-bond donors (Lipinski definition) is 0. The molecule has 0 aliphatic heterocycles. The first-order valence-corrected chi connectivity index (χ1v) is 3.90. The first kappa shape index (κ1) is 9.63. The van der Waals surface area contributed by atoms with Crippen molar-refractivity contribution in [3.05, 3.63) is 23.3 Å². The third-order valence-electron chi connectivity index (χ3n) is 1.04. The van der Waals surface area contributed by atoms with Crippen molar-refractivity contribution in [2.75, 3.05) is 0 Å². The van der Waals surface area contributed by atoms with Crippen LogP contribution >= 0.6 is 15.9 Å². The molecule has 1 nitrogen and oxygen atoms in total. The molecule has 0 aromatic heterocycles. The minimum Gasteiger partial charge on any atom is -0.261 e. The Labute approximate surface area is 70.7 Å². The van der Waals surface area contributed by atoms with Crippen LogP contribution in [0.3, 0.4) is 0 Å². The van der Waals surface area contributed by atoms with Crippen LogP contribution in [-0.4, -0.2) is 6.21 Å². The zero-order valence-corrected chi connectivity index (χ0v) is 7.98. The van der Waals surface area contributed by atoms with Crippen molar-refractivity contribution in [1.29, 1.82) is 0 Å². The second kappa shape index (κ2) is 4.45. The monoisotopic (exact) mass is 201 g/mol. The summed E-state index contributed by atoms with van der Waals surface area (Å²) in [6.07, 6.45) is 1.66. The Balaban J connectivity index is 3.90. The molecule has 0 amide bonds. The summed E-state index contributed by atoms with van der Waals surface area (Å²) in [6.45, 7) is 11.5. The highest BCUT2D eigenvalue weighted by molar-refractivity contribution is 9.12. The maximum absolute atomic E-state index is 4.06. The maximum atomic E-state index is 4.06. The Kier molecular flexibility index (Phi) is 4.28. The van der Waals surface area contributed by atoms with Crippen LogP contribution in [0.25, 0.3) is 0 Å². The van der Waals surface area contributed by atoms with Gasteiger partial charge in [0.1, 0.15) is 0 Å². The molecule has 0 saturated carbocycles. The van der Waals surface area contributed by atoms with E-state index in [1.165, 1.54) is 0 Å². The van der Waals surface area contributed by atoms with E-state index >= 15 is 0 Å². The molecule has 10 heavy (non-hydrogen) atoms. The van der Waals surface area contributed by atoms with E-state index in [0.717, 1.165) is 10.2 Å². The van der Waals surface area contributed by atoms with Crippen molar-refractivity contribution in [3.8, 4) is 0 Å². The summed E-state index contributed by atoms with van der Waals surface area (Å²) < 4.78 is 0.772. The number of halogens is 1. The largest absolute Gasteiger partial charge is 0.261 e. The number of rotatable bonds is 3. The van der Waals surface area contributed by atoms with E-state index in [1.54, 1.807) is 6.21 Å². The van der Waals surface area contributed by atoms with Gasteiger partial charge in [0.25, 0.3) is 0 Å². The van der Waals surface area contributed by atoms with Gasteiger partial charge in [-0.05, 0) is 21.8 Å². The second-order valence-corrected chi connectivity index (χ2v) is 3.37. The highest BCUT2D eigenvalue weighted by Crippen LogP contribution is 2.08. The summed E-state index contributed by atoms with van der Waals surface area (Å²) in [5.74, 6) is 0.406. The molecule has 0 aliphatic rings. The number of nitrogens with zero attached hydrogens (tertiary/aromatic N) is 1. The highest BCUT2D eigenvalue weighted by atomic mass is 79.9. The molecule has 2 heteroatoms. The van der Waals surface area contributed by atoms with Crippen molar-refractivity contribution in [3.63, 3.8) is 0 Å². The van der Waals surface area contributed by atoms with Gasteiger partial charge in [-0.2, -0.15) is 0 Å². The molecule has 0 bridgehead atoms. The van der Waals surface area contributed by atoms with Crippen molar-refractivity contribution < 1.29 is 0 Å². The molecule has 0 aromatic rings. The molecule has 0 spiro atoms. The Bertz CT molecular complexity index is 168. The fraction of sp³-hybridized carbons (Fsp3) is 0.375. The number of hydrogen-bond acceptors (Lipinski definition) is 1. The Hall–Kier alpha value is -0.370. The van der Waals surface area contributed by atoms with Crippen LogP contribution in [-0.2, 0) is 0 Å². The molecule has 56 valence electrons. The van der Waals surface area contributed by atoms with Gasteiger partial charge in [0.15, 0.2) is 0 Å². The highest BCUT2D eigenvalue weighted by Gasteiger charge is 1.94. The normalized spacial score (nSPS) is 10.8. The molecule has 0 radical (unpaired) electrons. The van der Waals surface area contributed by atoms with Gasteiger partial charge in [0, 0.05) is 16.4 Å². The van der Waals surface area contributed by atoms with Crippen molar-refractivity contribution in [2.24, 2.45) is 10.9 Å². The van der Waals surface area contributed by atoms with Crippen LogP contribution in [0.1, 0.15) is 13.8 Å². The summed E-state index contributed by atoms with van der Waals surface area (Å²) >= 11 is 3.17. The smallest absolute Gasteiger partial charge is 0.0407 e. The van der Waals surface area contributed by atoms with Gasteiger partial charge in [0.05, 0.1) is 0 Å². The van der Waals surface area contributed by atoms with Gasteiger partial charge in [-0.1, -0.05) is 27.0 Å². The summed E-state index contributed by atoms with van der Waals surface area (Å²) in [7, 11) is 0. The molecule has 0 atom stereocenters. The topological polar surface area (TPSA) is 12.4 Å². The standard InChI is InChI=1S/C8H12BrN/c1-6(2)8(4)10-5-7(3)9/h5-6H,3-4H2,1-2H3. The number of allylic oxidation sites excluding steroid dienone is 2. The van der Waals surface area contributed by atoms with Gasteiger partial charge in [-0.15, -0.1) is 0 Å². The molecule has 0 aromatic carbocycles. The van der Waals surface area contributed by atoms with Gasteiger partial charge in [0.2, 0.25) is 0 Å². The lowest BCUT2D eigenvalue weighted by molar-refractivity contribution is 0.763. The summed E-state index contributed by atoms with van der Waals surface area (Å²) in [6, 6.07) is 0. The van der Waals surface area contributed by atoms with E-state index in [2.05, 4.69) is 47.9 Å². The first-order valence-electron chi connectivity index (χ1n) is 3.11. The SMILES string of the molecule is C=C(Br)C=NC(=C)C(C)C. The molecule has 0 aliphatic carbocycles. The van der Waals surface area contributed by atoms with Crippen LogP contribution < -0.4 is 0 Å². The fourth-order valence-electron chi connectivity index (χ4n) is 0.302. The molecule has 0 rings (SSSR count). The third kappa shape index (κ3) is 4.50. The quantitative estimate of drug-likeness (QED) is 0.623. The lowest BCUT2D eigenvalue weighted by Crippen LogP contribution is -1.88. The Morgan fingerprint density at radius 1 is 1.50 bits per heavy atom. The van der Waals surface area contributed by atoms with E-state index in [9.17, 15) is 0 Å². The molecular weight excluding hydrogens is 190 g/mol. The summed E-state index contributed by atoms with van der Waals surface area (Å²) in [5.41, 5.74) is 0.876. The van der Waals surface area contributed by atoms with Crippen molar-refractivity contribution in [2.45, 2.75) is 13.8 Å². The fourth-order valence-corrected chi connectivity index (χ4v) is 0.404. The van der Waals surface area contributed by atoms with E-state index in [-0.39, 0.29) is 0 Å². The zero-order chi connectivity index (χ0) is 8.15. The van der Waals surface area contributed by atoms with Crippen molar-refractivity contribution >= 4 is 22.1 Å². The minimum absolute atomic E-state index is 0.406. The van der Waals surface area contributed by atoms with Crippen LogP contribution in [0, 0.1) is 5.92 Å². The lowest BCUT2D eigenvalue weighted by Gasteiger charge is -2.00. The van der Waals surface area contributed by atoms with Gasteiger partial charge in [-0.3, -0.25) is 4.99 Å². The second-order valence-electron chi connectivity index (χ2n) is 2.35. The van der Waals surface area contributed by atoms with E-state index < -0.39 is 0 Å². The molecular formula is C8H12BrN. The molecule has 0 unspecified atom stereocenters. The van der Waals surface area contributed by atoms with Gasteiger partial charge >= 0.3 is 0 Å². The molecule has 0 N–H and O–H groups in total. The summed E-state index contributed by atoms with van der Waals surface area (Å²) in [4.78, 5) is 4.06. The van der Waals surface area contributed by atoms with E-state index in [0.29, 0.717) is 5.92 Å². The zero-order valence-electron chi connectivity index (χ0n) is 6.39. The first-order chi connectivity index (χ1) is 4.54. The third-order valence-corrected chi connectivity index (χ3v) is 1.24. The Morgan fingerprint density at radius 2 is 2.00 bits per heavy atom. The molecule has 0 fully saturated rings. The predicted molar refractivity (Wildman–Crippen MR) is 50.5 cm³/mol. The van der Waals surface area contributed by atoms with Gasteiger partial charge in [-0.25, -0.2) is 0 Å². The molecule has 0 saturated heterocycles. The van der Waals surface area contributed by atoms with Gasteiger partial charge < -0.3 is 0 Å². The minimum atomic E-state index is 0.406.